The third-order valence-electron chi connectivity index (χ3n) is 2.80. The van der Waals surface area contributed by atoms with Crippen LogP contribution >= 0.6 is 39.1 Å². The van der Waals surface area contributed by atoms with Gasteiger partial charge >= 0.3 is 0 Å². The van der Waals surface area contributed by atoms with Crippen molar-refractivity contribution >= 4 is 51.3 Å². The van der Waals surface area contributed by atoms with Crippen molar-refractivity contribution in [2.24, 2.45) is 5.10 Å². The molecule has 2 rings (SSSR count). The number of nitrogens with one attached hydrogen (secondary N) is 1. The Morgan fingerprint density at radius 2 is 2.09 bits per heavy atom. The zero-order valence-electron chi connectivity index (χ0n) is 12.1. The second kappa shape index (κ2) is 8.34. The standard InChI is InChI=1S/C16H13BrCl2N2O2/c1-10-2-5-15(13(17)6-10)23-9-16(22)21-20-8-11-3-4-12(18)7-14(11)19/h2-8H,9H2,1H3,(H,21,22)/b20-8+. The summed E-state index contributed by atoms with van der Waals surface area (Å²) in [6.45, 7) is 1.82. The van der Waals surface area contributed by atoms with Crippen molar-refractivity contribution < 1.29 is 9.53 Å². The number of carbonyl (C=O) groups is 1. The maximum Gasteiger partial charge on any atom is 0.277 e. The number of ether oxygens (including phenoxy) is 1. The number of halogens is 3. The maximum atomic E-state index is 11.7. The van der Waals surface area contributed by atoms with Gasteiger partial charge in [-0.2, -0.15) is 5.10 Å². The Kier molecular flexibility index (Phi) is 6.45. The molecule has 0 fully saturated rings. The molecule has 0 aliphatic rings. The van der Waals surface area contributed by atoms with Gasteiger partial charge in [0.15, 0.2) is 6.61 Å². The van der Waals surface area contributed by atoms with Crippen molar-refractivity contribution in [3.8, 4) is 5.75 Å². The fourth-order valence-electron chi connectivity index (χ4n) is 1.68. The number of rotatable bonds is 5. The maximum absolute atomic E-state index is 11.7. The van der Waals surface area contributed by atoms with Crippen molar-refractivity contribution in [2.45, 2.75) is 6.92 Å². The van der Waals surface area contributed by atoms with Crippen LogP contribution in [-0.4, -0.2) is 18.7 Å². The lowest BCUT2D eigenvalue weighted by Crippen LogP contribution is -2.24. The molecule has 0 aromatic heterocycles. The fourth-order valence-corrected chi connectivity index (χ4v) is 2.74. The molecule has 4 nitrogen and oxygen atoms in total. The first-order chi connectivity index (χ1) is 11.0. The highest BCUT2D eigenvalue weighted by Gasteiger charge is 2.05. The number of carbonyl (C=O) groups excluding carboxylic acids is 1. The predicted octanol–water partition coefficient (Wildman–Crippen LogP) is 4.59. The lowest BCUT2D eigenvalue weighted by atomic mass is 10.2. The van der Waals surface area contributed by atoms with Crippen LogP contribution in [0, 0.1) is 6.92 Å². The number of hydrogen-bond acceptors (Lipinski definition) is 3. The van der Waals surface area contributed by atoms with E-state index in [-0.39, 0.29) is 12.5 Å². The molecule has 2 aromatic carbocycles. The zero-order chi connectivity index (χ0) is 16.8. The number of hydrazone groups is 1. The summed E-state index contributed by atoms with van der Waals surface area (Å²) in [6, 6.07) is 10.6. The lowest BCUT2D eigenvalue weighted by Gasteiger charge is -2.07. The van der Waals surface area contributed by atoms with Crippen LogP contribution in [0.25, 0.3) is 0 Å². The van der Waals surface area contributed by atoms with Crippen LogP contribution in [0.5, 0.6) is 5.75 Å². The second-order valence-corrected chi connectivity index (χ2v) is 6.38. The molecule has 0 spiro atoms. The van der Waals surface area contributed by atoms with Gasteiger partial charge in [0, 0.05) is 10.6 Å². The molecule has 0 aliphatic heterocycles. The molecular formula is C16H13BrCl2N2O2. The van der Waals surface area contributed by atoms with E-state index in [1.165, 1.54) is 6.21 Å². The molecule has 0 unspecified atom stereocenters. The minimum absolute atomic E-state index is 0.145. The summed E-state index contributed by atoms with van der Waals surface area (Å²) in [4.78, 5) is 11.7. The van der Waals surface area contributed by atoms with Gasteiger partial charge in [0.1, 0.15) is 5.75 Å². The number of aryl methyl sites for hydroxylation is 1. The molecule has 7 heteroatoms. The molecule has 0 aliphatic carbocycles. The van der Waals surface area contributed by atoms with Crippen molar-refractivity contribution in [2.75, 3.05) is 6.61 Å². The largest absolute Gasteiger partial charge is 0.483 e. The highest BCUT2D eigenvalue weighted by molar-refractivity contribution is 9.10. The summed E-state index contributed by atoms with van der Waals surface area (Å²) < 4.78 is 6.21. The first-order valence-corrected chi connectivity index (χ1v) is 8.16. The molecule has 120 valence electrons. The highest BCUT2D eigenvalue weighted by Crippen LogP contribution is 2.25. The highest BCUT2D eigenvalue weighted by atomic mass is 79.9. The van der Waals surface area contributed by atoms with Gasteiger partial charge in [-0.1, -0.05) is 35.3 Å². The smallest absolute Gasteiger partial charge is 0.277 e. The minimum Gasteiger partial charge on any atom is -0.483 e. The molecule has 2 aromatic rings. The summed E-state index contributed by atoms with van der Waals surface area (Å²) in [7, 11) is 0. The van der Waals surface area contributed by atoms with Crippen LogP contribution in [0.2, 0.25) is 10.0 Å². The average molecular weight is 416 g/mol. The normalized spacial score (nSPS) is 10.8. The molecule has 1 N–H and O–H groups in total. The van der Waals surface area contributed by atoms with Crippen LogP contribution in [0.4, 0.5) is 0 Å². The molecule has 0 radical (unpaired) electrons. The fraction of sp³-hybridized carbons (Fsp3) is 0.125. The Hall–Kier alpha value is -1.56. The van der Waals surface area contributed by atoms with Gasteiger partial charge in [0.2, 0.25) is 0 Å². The molecule has 23 heavy (non-hydrogen) atoms. The average Bonchev–Trinajstić information content (AvgIpc) is 2.48. The Morgan fingerprint density at radius 3 is 2.78 bits per heavy atom. The summed E-state index contributed by atoms with van der Waals surface area (Å²) in [5.74, 6) is 0.217. The number of amides is 1. The SMILES string of the molecule is Cc1ccc(OCC(=O)N/N=C/c2ccc(Cl)cc2Cl)c(Br)c1. The summed E-state index contributed by atoms with van der Waals surface area (Å²) >= 11 is 15.2. The van der Waals surface area contributed by atoms with Gasteiger partial charge in [0.25, 0.3) is 5.91 Å². The minimum atomic E-state index is -0.376. The molecule has 0 bridgehead atoms. The molecule has 1 amide bonds. The second-order valence-electron chi connectivity index (χ2n) is 4.68. The van der Waals surface area contributed by atoms with Gasteiger partial charge in [-0.05, 0) is 52.7 Å². The topological polar surface area (TPSA) is 50.7 Å². The van der Waals surface area contributed by atoms with Crippen molar-refractivity contribution in [1.29, 1.82) is 0 Å². The van der Waals surface area contributed by atoms with Crippen LogP contribution in [0.3, 0.4) is 0 Å². The monoisotopic (exact) mass is 414 g/mol. The van der Waals surface area contributed by atoms with E-state index in [9.17, 15) is 4.79 Å². The van der Waals surface area contributed by atoms with Crippen molar-refractivity contribution in [1.82, 2.24) is 5.43 Å². The van der Waals surface area contributed by atoms with Gasteiger partial charge in [-0.15, -0.1) is 0 Å². The number of nitrogens with zero attached hydrogens (tertiary/aromatic N) is 1. The van der Waals surface area contributed by atoms with E-state index >= 15 is 0 Å². The third kappa shape index (κ3) is 5.53. The lowest BCUT2D eigenvalue weighted by molar-refractivity contribution is -0.123. The van der Waals surface area contributed by atoms with Crippen LogP contribution in [0.1, 0.15) is 11.1 Å². The third-order valence-corrected chi connectivity index (χ3v) is 3.98. The van der Waals surface area contributed by atoms with E-state index in [2.05, 4.69) is 26.5 Å². The Bertz CT molecular complexity index is 751. The van der Waals surface area contributed by atoms with Crippen molar-refractivity contribution in [3.05, 3.63) is 62.0 Å². The first-order valence-electron chi connectivity index (χ1n) is 6.61. The summed E-state index contributed by atoms with van der Waals surface area (Å²) in [5, 5.41) is 4.83. The Balaban J connectivity index is 1.86. The molecule has 0 saturated carbocycles. The van der Waals surface area contributed by atoms with Crippen LogP contribution < -0.4 is 10.2 Å². The van der Waals surface area contributed by atoms with Gasteiger partial charge < -0.3 is 4.74 Å². The number of benzene rings is 2. The molecule has 0 atom stereocenters. The molecular weight excluding hydrogens is 403 g/mol. The number of hydrogen-bond donors (Lipinski definition) is 1. The van der Waals surface area contributed by atoms with E-state index in [0.717, 1.165) is 10.0 Å². The predicted molar refractivity (Wildman–Crippen MR) is 96.6 cm³/mol. The summed E-state index contributed by atoms with van der Waals surface area (Å²) in [5.41, 5.74) is 4.12. The van der Waals surface area contributed by atoms with E-state index in [1.54, 1.807) is 24.3 Å². The van der Waals surface area contributed by atoms with E-state index < -0.39 is 0 Å². The Labute approximate surface area is 152 Å². The van der Waals surface area contributed by atoms with Gasteiger partial charge in [-0.25, -0.2) is 5.43 Å². The molecule has 0 saturated heterocycles. The summed E-state index contributed by atoms with van der Waals surface area (Å²) in [6.07, 6.45) is 1.44. The van der Waals surface area contributed by atoms with E-state index in [4.69, 9.17) is 27.9 Å². The van der Waals surface area contributed by atoms with Crippen LogP contribution in [-0.2, 0) is 4.79 Å². The quantitative estimate of drug-likeness (QED) is 0.573. The van der Waals surface area contributed by atoms with E-state index in [0.29, 0.717) is 21.4 Å². The van der Waals surface area contributed by atoms with Gasteiger partial charge in [-0.3, -0.25) is 4.79 Å². The zero-order valence-corrected chi connectivity index (χ0v) is 15.2. The molecule has 0 heterocycles. The van der Waals surface area contributed by atoms with Crippen molar-refractivity contribution in [3.63, 3.8) is 0 Å². The Morgan fingerprint density at radius 1 is 1.30 bits per heavy atom. The first kappa shape index (κ1) is 17.8. The van der Waals surface area contributed by atoms with Crippen LogP contribution in [0.15, 0.2) is 46.0 Å². The van der Waals surface area contributed by atoms with E-state index in [1.807, 2.05) is 19.1 Å². The van der Waals surface area contributed by atoms with Gasteiger partial charge in [0.05, 0.1) is 15.7 Å².